The van der Waals surface area contributed by atoms with Crippen LogP contribution in [0.5, 0.6) is 0 Å². The van der Waals surface area contributed by atoms with Gasteiger partial charge in [0.25, 0.3) is 0 Å². The maximum absolute atomic E-state index is 9.37. The van der Waals surface area contributed by atoms with E-state index >= 15 is 0 Å². The summed E-state index contributed by atoms with van der Waals surface area (Å²) in [5.74, 6) is 0. The molecule has 0 spiro atoms. The third kappa shape index (κ3) is 3.54. The van der Waals surface area contributed by atoms with Crippen LogP contribution in [0.4, 0.5) is 0 Å². The van der Waals surface area contributed by atoms with Gasteiger partial charge in [0.2, 0.25) is 0 Å². The molecular formula is C40H26. The summed E-state index contributed by atoms with van der Waals surface area (Å²) < 4.78 is 158. The zero-order valence-electron chi connectivity index (χ0n) is 38.6. The van der Waals surface area contributed by atoms with Gasteiger partial charge in [0.05, 0.1) is 24.7 Å². The van der Waals surface area contributed by atoms with E-state index in [0.717, 1.165) is 0 Å². The maximum Gasteiger partial charge on any atom is 0.0636 e. The minimum absolute atomic E-state index is 0.0919. The summed E-state index contributed by atoms with van der Waals surface area (Å²) in [6, 6.07) is 1.71. The van der Waals surface area contributed by atoms with Gasteiger partial charge in [-0.2, -0.15) is 0 Å². The van der Waals surface area contributed by atoms with Gasteiger partial charge in [0, 0.05) is 0 Å². The van der Waals surface area contributed by atoms with E-state index in [-0.39, 0.29) is 33.0 Å². The molecule has 0 amide bonds. The van der Waals surface area contributed by atoms with Crippen LogP contribution in [0.15, 0.2) is 157 Å². The lowest BCUT2D eigenvalue weighted by Gasteiger charge is -2.19. The van der Waals surface area contributed by atoms with Crippen LogP contribution in [-0.4, -0.2) is 0 Å². The summed E-state index contributed by atoms with van der Waals surface area (Å²) >= 11 is 0. The van der Waals surface area contributed by atoms with E-state index in [1.807, 2.05) is 0 Å². The SMILES string of the molecule is [2H]c1c([2H])c([2H])c(-c2c3ccccc3c(-c3c([2H])c([2H])c([2H])c4c(-c5c([2H])c([2H])c6c([2H])c([2H])c([2H])c([2H])c6c5[2H])c([2H])c([2H])c([2H])c34)c3ccccc23)c([2H])c1[2H]. The molecule has 8 aromatic rings. The molecule has 0 aliphatic carbocycles. The van der Waals surface area contributed by atoms with Crippen molar-refractivity contribution < 1.29 is 24.7 Å². The predicted molar refractivity (Wildman–Crippen MR) is 173 cm³/mol. The molecule has 8 rings (SSSR count). The molecule has 0 saturated heterocycles. The lowest BCUT2D eigenvalue weighted by molar-refractivity contribution is 1.65. The first kappa shape index (κ1) is 11.1. The average molecular weight is 525 g/mol. The van der Waals surface area contributed by atoms with E-state index < -0.39 is 131 Å². The molecule has 0 N–H and O–H groups in total. The van der Waals surface area contributed by atoms with Gasteiger partial charge in [-0.3, -0.25) is 0 Å². The van der Waals surface area contributed by atoms with Crippen LogP contribution in [-0.2, 0) is 0 Å². The van der Waals surface area contributed by atoms with E-state index in [0.29, 0.717) is 21.5 Å². The van der Waals surface area contributed by atoms with Crippen molar-refractivity contribution in [3.63, 3.8) is 0 Å². The summed E-state index contributed by atoms with van der Waals surface area (Å²) in [5.41, 5.74) is -0.748. The van der Waals surface area contributed by atoms with Crippen LogP contribution in [0, 0.1) is 0 Å². The first-order valence-electron chi connectivity index (χ1n) is 21.4. The zero-order valence-corrected chi connectivity index (χ0v) is 20.6. The Morgan fingerprint density at radius 1 is 0.350 bits per heavy atom. The van der Waals surface area contributed by atoms with Crippen molar-refractivity contribution in [2.75, 3.05) is 0 Å². The van der Waals surface area contributed by atoms with Crippen molar-refractivity contribution >= 4 is 43.1 Å². The Bertz CT molecular complexity index is 3120. The molecule has 0 fully saturated rings. The van der Waals surface area contributed by atoms with Crippen LogP contribution in [0.1, 0.15) is 24.7 Å². The molecule has 0 bridgehead atoms. The van der Waals surface area contributed by atoms with Gasteiger partial charge >= 0.3 is 0 Å². The molecule has 0 aliphatic rings. The summed E-state index contributed by atoms with van der Waals surface area (Å²) in [4.78, 5) is 0. The van der Waals surface area contributed by atoms with Gasteiger partial charge in [-0.1, -0.05) is 151 Å². The molecule has 0 heteroatoms. The minimum Gasteiger partial charge on any atom is -0.0622 e. The highest BCUT2D eigenvalue weighted by Crippen LogP contribution is 2.46. The monoisotopic (exact) mass is 524 g/mol. The molecule has 0 nitrogen and oxygen atoms in total. The number of hydrogen-bond donors (Lipinski definition) is 0. The van der Waals surface area contributed by atoms with E-state index in [1.54, 1.807) is 48.5 Å². The van der Waals surface area contributed by atoms with Crippen molar-refractivity contribution in [3.8, 4) is 33.4 Å². The average Bonchev–Trinajstić information content (AvgIpc) is 3.21. The molecule has 8 aromatic carbocycles. The Hall–Kier alpha value is -5.20. The van der Waals surface area contributed by atoms with Crippen LogP contribution < -0.4 is 0 Å². The Morgan fingerprint density at radius 2 is 0.900 bits per heavy atom. The van der Waals surface area contributed by atoms with Crippen LogP contribution in [0.3, 0.4) is 0 Å². The second-order valence-electron chi connectivity index (χ2n) is 9.09. The normalized spacial score (nSPS) is 17.8. The van der Waals surface area contributed by atoms with Crippen molar-refractivity contribution in [2.45, 2.75) is 0 Å². The minimum atomic E-state index is -0.754. The lowest BCUT2D eigenvalue weighted by atomic mass is 9.84. The van der Waals surface area contributed by atoms with Crippen molar-refractivity contribution in [1.82, 2.24) is 0 Å². The lowest BCUT2D eigenvalue weighted by Crippen LogP contribution is -1.92. The molecule has 0 heterocycles. The Kier molecular flexibility index (Phi) is 2.56. The second-order valence-corrected chi connectivity index (χ2v) is 9.09. The first-order chi connectivity index (χ1) is 27.4. The number of benzene rings is 8. The fraction of sp³-hybridized carbons (Fsp3) is 0. The van der Waals surface area contributed by atoms with Gasteiger partial charge in [-0.05, 0) is 82.5 Å². The van der Waals surface area contributed by atoms with Crippen LogP contribution in [0.2, 0.25) is 0 Å². The van der Waals surface area contributed by atoms with E-state index in [9.17, 15) is 5.48 Å². The summed E-state index contributed by atoms with van der Waals surface area (Å²) in [6.45, 7) is 0. The largest absolute Gasteiger partial charge is 0.0636 e. The first-order valence-corrected chi connectivity index (χ1v) is 12.4. The van der Waals surface area contributed by atoms with Crippen LogP contribution >= 0.6 is 0 Å². The van der Waals surface area contributed by atoms with Crippen molar-refractivity contribution in [2.24, 2.45) is 0 Å². The third-order valence-corrected chi connectivity index (χ3v) is 6.93. The highest BCUT2D eigenvalue weighted by molar-refractivity contribution is 6.24. The number of fused-ring (bicyclic) bond motifs is 4. The third-order valence-electron chi connectivity index (χ3n) is 6.93. The van der Waals surface area contributed by atoms with Crippen molar-refractivity contribution in [3.05, 3.63) is 157 Å². The molecular weight excluding hydrogens is 480 g/mol. The maximum atomic E-state index is 9.37. The van der Waals surface area contributed by atoms with Crippen LogP contribution in [0.25, 0.3) is 76.5 Å². The molecule has 186 valence electrons. The van der Waals surface area contributed by atoms with Crippen molar-refractivity contribution in [1.29, 1.82) is 0 Å². The molecule has 40 heavy (non-hydrogen) atoms. The molecule has 0 aromatic heterocycles. The second kappa shape index (κ2) is 9.22. The summed E-state index contributed by atoms with van der Waals surface area (Å²) in [5, 5.41) is -0.0794. The zero-order chi connectivity index (χ0) is 42.1. The number of hydrogen-bond acceptors (Lipinski definition) is 0. The Labute approximate surface area is 259 Å². The van der Waals surface area contributed by atoms with Gasteiger partial charge in [0.15, 0.2) is 0 Å². The molecule has 0 saturated carbocycles. The Balaban J connectivity index is 1.63. The topological polar surface area (TPSA) is 0 Å². The highest BCUT2D eigenvalue weighted by Gasteiger charge is 2.18. The van der Waals surface area contributed by atoms with Gasteiger partial charge in [-0.25, -0.2) is 0 Å². The van der Waals surface area contributed by atoms with E-state index in [1.165, 1.54) is 0 Å². The molecule has 0 radical (unpaired) electrons. The van der Waals surface area contributed by atoms with E-state index in [4.69, 9.17) is 19.2 Å². The van der Waals surface area contributed by atoms with Gasteiger partial charge in [-0.15, -0.1) is 0 Å². The smallest absolute Gasteiger partial charge is 0.0622 e. The molecule has 0 atom stereocenters. The highest BCUT2D eigenvalue weighted by atomic mass is 14.2. The van der Waals surface area contributed by atoms with E-state index in [2.05, 4.69) is 0 Å². The summed E-state index contributed by atoms with van der Waals surface area (Å²) in [6.07, 6.45) is 0. The Morgan fingerprint density at radius 3 is 1.57 bits per heavy atom. The summed E-state index contributed by atoms with van der Waals surface area (Å²) in [7, 11) is 0. The van der Waals surface area contributed by atoms with Gasteiger partial charge < -0.3 is 0 Å². The molecule has 0 unspecified atom stereocenters. The standard InChI is InChI=1S/C40H26/c1-2-13-28(14-3-1)39-35-16-6-8-18-37(35)40(38-19-9-7-17-36(38)39)34-23-11-21-32-31(20-10-22-33(32)34)30-25-24-27-12-4-5-15-29(27)26-30/h1-26H/i1D,2D,3D,4D,5D,10D,11D,12D,13D,14D,15D,20D,21D,22D,23D,24D,25D,26D. The fourth-order valence-electron chi connectivity index (χ4n) is 5.26. The predicted octanol–water partition coefficient (Wildman–Crippen LogP) is 11.3. The number of rotatable bonds is 3. The molecule has 0 aliphatic heterocycles. The fourth-order valence-corrected chi connectivity index (χ4v) is 5.26. The van der Waals surface area contributed by atoms with Gasteiger partial charge in [0.1, 0.15) is 0 Å². The quantitative estimate of drug-likeness (QED) is 0.202.